The molecular formula is C29H33F6N3O. The monoisotopic (exact) mass is 553 g/mol. The van der Waals surface area contributed by atoms with Gasteiger partial charge in [0.1, 0.15) is 0 Å². The molecule has 2 aliphatic carbocycles. The lowest BCUT2D eigenvalue weighted by molar-refractivity contribution is -0.138. The minimum atomic E-state index is -4.51. The Hall–Kier alpha value is -3.22. The Labute approximate surface area is 225 Å². The first kappa shape index (κ1) is 30.3. The number of hydrogen-bond acceptors (Lipinski definition) is 4. The van der Waals surface area contributed by atoms with Gasteiger partial charge in [-0.05, 0) is 94.2 Å². The van der Waals surface area contributed by atoms with E-state index in [4.69, 9.17) is 5.26 Å². The summed E-state index contributed by atoms with van der Waals surface area (Å²) in [5, 5.41) is 11.7. The summed E-state index contributed by atoms with van der Waals surface area (Å²) in [5.41, 5.74) is -1.33. The Kier molecular flexibility index (Phi) is 9.57. The molecule has 39 heavy (non-hydrogen) atoms. The molecule has 10 heteroatoms. The summed E-state index contributed by atoms with van der Waals surface area (Å²) in [5.74, 6) is 0.589. The van der Waals surface area contributed by atoms with Crippen molar-refractivity contribution in [2.75, 3.05) is 23.3 Å². The fraction of sp³-hybridized carbons (Fsp3) is 0.517. The number of benzene rings is 2. The topological polar surface area (TPSA) is 56.1 Å². The zero-order chi connectivity index (χ0) is 29.0. The van der Waals surface area contributed by atoms with Gasteiger partial charge in [-0.15, -0.1) is 0 Å². The van der Waals surface area contributed by atoms with Crippen molar-refractivity contribution in [3.8, 4) is 6.07 Å². The molecule has 1 N–H and O–H groups in total. The Balaban J connectivity index is 0.000000218. The van der Waals surface area contributed by atoms with Crippen LogP contribution in [0.5, 0.6) is 0 Å². The zero-order valence-electron chi connectivity index (χ0n) is 22.2. The number of carbonyl (C=O) groups excluding carboxylic acids is 1. The third-order valence-corrected chi connectivity index (χ3v) is 6.89. The lowest BCUT2D eigenvalue weighted by Gasteiger charge is -2.26. The lowest BCUT2D eigenvalue weighted by Crippen LogP contribution is -2.27. The van der Waals surface area contributed by atoms with E-state index in [0.717, 1.165) is 64.3 Å². The van der Waals surface area contributed by atoms with Gasteiger partial charge < -0.3 is 10.2 Å². The minimum absolute atomic E-state index is 0.166. The van der Waals surface area contributed by atoms with Crippen LogP contribution in [0.4, 0.5) is 37.7 Å². The van der Waals surface area contributed by atoms with Gasteiger partial charge >= 0.3 is 12.4 Å². The molecule has 0 bridgehead atoms. The number of hydrogen-bond donors (Lipinski definition) is 1. The van der Waals surface area contributed by atoms with E-state index >= 15 is 0 Å². The molecule has 1 atom stereocenters. The Bertz CT molecular complexity index is 1190. The number of carbonyl (C=O) groups is 1. The first-order chi connectivity index (χ1) is 18.2. The van der Waals surface area contributed by atoms with Gasteiger partial charge in [0.25, 0.3) is 0 Å². The second-order valence-electron chi connectivity index (χ2n) is 10.3. The van der Waals surface area contributed by atoms with Crippen LogP contribution in [0.1, 0.15) is 79.9 Å². The molecule has 0 aromatic heterocycles. The maximum absolute atomic E-state index is 13.1. The summed E-state index contributed by atoms with van der Waals surface area (Å²) in [6.07, 6.45) is -3.58. The predicted molar refractivity (Wildman–Crippen MR) is 139 cm³/mol. The lowest BCUT2D eigenvalue weighted by atomic mass is 10.0. The quantitative estimate of drug-likeness (QED) is 0.251. The number of anilines is 2. The van der Waals surface area contributed by atoms with Gasteiger partial charge in [-0.1, -0.05) is 6.92 Å². The second kappa shape index (κ2) is 12.3. The Morgan fingerprint density at radius 1 is 1.03 bits per heavy atom. The fourth-order valence-corrected chi connectivity index (χ4v) is 4.42. The number of halogens is 6. The molecule has 4 nitrogen and oxygen atoms in total. The third kappa shape index (κ3) is 8.64. The van der Waals surface area contributed by atoms with E-state index in [2.05, 4.69) is 5.32 Å². The van der Waals surface area contributed by atoms with Gasteiger partial charge in [0, 0.05) is 36.1 Å². The van der Waals surface area contributed by atoms with Crippen LogP contribution in [0.25, 0.3) is 0 Å². The van der Waals surface area contributed by atoms with Crippen LogP contribution in [0.2, 0.25) is 0 Å². The average Bonchev–Trinajstić information content (AvgIpc) is 3.77. The standard InChI is InChI=1S/C16H20F3NO.C13H13F3N2/c1-3-8-20(10-12-4-5-12)13-6-7-14(11(2)21)15(9-13)16(17,18)19;1-8(9-2-3-9)18-11-5-4-10(7-17)12(6-11)13(14,15)16/h6-7,9,12H,3-5,8,10H2,1-2H3;4-6,8-9,18H,2-3H2,1H3. The highest BCUT2D eigenvalue weighted by molar-refractivity contribution is 5.96. The molecular weight excluding hydrogens is 520 g/mol. The molecule has 0 aliphatic heterocycles. The van der Waals surface area contributed by atoms with Crippen LogP contribution >= 0.6 is 0 Å². The summed E-state index contributed by atoms with van der Waals surface area (Å²) >= 11 is 0. The van der Waals surface area contributed by atoms with Crippen molar-refractivity contribution in [1.82, 2.24) is 0 Å². The average molecular weight is 554 g/mol. The second-order valence-corrected chi connectivity index (χ2v) is 10.3. The number of nitriles is 1. The normalized spacial score (nSPS) is 16.0. The number of alkyl halides is 6. The highest BCUT2D eigenvalue weighted by Crippen LogP contribution is 2.38. The van der Waals surface area contributed by atoms with Crippen LogP contribution in [0.15, 0.2) is 36.4 Å². The van der Waals surface area contributed by atoms with Gasteiger partial charge in [0.05, 0.1) is 22.8 Å². The van der Waals surface area contributed by atoms with Crippen LogP contribution in [0, 0.1) is 23.2 Å². The molecule has 0 spiro atoms. The maximum Gasteiger partial charge on any atom is 0.417 e. The summed E-state index contributed by atoms with van der Waals surface area (Å²) in [6, 6.07) is 9.53. The summed E-state index contributed by atoms with van der Waals surface area (Å²) in [4.78, 5) is 13.4. The molecule has 2 aliphatic rings. The van der Waals surface area contributed by atoms with Crippen molar-refractivity contribution in [2.24, 2.45) is 11.8 Å². The molecule has 0 amide bonds. The van der Waals surface area contributed by atoms with Crippen molar-refractivity contribution in [1.29, 1.82) is 5.26 Å². The smallest absolute Gasteiger partial charge is 0.382 e. The van der Waals surface area contributed by atoms with Crippen molar-refractivity contribution in [3.63, 3.8) is 0 Å². The van der Waals surface area contributed by atoms with Crippen LogP contribution in [0.3, 0.4) is 0 Å². The van der Waals surface area contributed by atoms with E-state index in [1.807, 2.05) is 18.7 Å². The third-order valence-electron chi connectivity index (χ3n) is 6.89. The van der Waals surface area contributed by atoms with Crippen molar-refractivity contribution in [3.05, 3.63) is 58.7 Å². The Morgan fingerprint density at radius 2 is 1.67 bits per heavy atom. The molecule has 1 unspecified atom stereocenters. The molecule has 0 radical (unpaired) electrons. The highest BCUT2D eigenvalue weighted by Gasteiger charge is 2.36. The van der Waals surface area contributed by atoms with Gasteiger partial charge in [-0.3, -0.25) is 4.79 Å². The molecule has 2 fully saturated rings. The SMILES string of the molecule is CC(Nc1ccc(C#N)c(C(F)(F)F)c1)C1CC1.CCCN(CC1CC1)c1ccc(C(C)=O)c(C(F)(F)F)c1. The first-order valence-corrected chi connectivity index (χ1v) is 13.1. The Morgan fingerprint density at radius 3 is 2.15 bits per heavy atom. The van der Waals surface area contributed by atoms with Gasteiger partial charge in [0.15, 0.2) is 5.78 Å². The molecule has 2 aromatic carbocycles. The number of rotatable bonds is 9. The number of nitrogens with zero attached hydrogens (tertiary/aromatic N) is 2. The molecule has 0 saturated heterocycles. The van der Waals surface area contributed by atoms with E-state index in [1.54, 1.807) is 12.1 Å². The largest absolute Gasteiger partial charge is 0.417 e. The number of Topliss-reactive ketones (excluding diaryl/α,β-unsaturated/α-hetero) is 1. The predicted octanol–water partition coefficient (Wildman–Crippen LogP) is 8.32. The zero-order valence-corrected chi connectivity index (χ0v) is 22.2. The van der Waals surface area contributed by atoms with Crippen molar-refractivity contribution >= 4 is 17.2 Å². The van der Waals surface area contributed by atoms with Gasteiger partial charge in [-0.25, -0.2) is 0 Å². The molecule has 212 valence electrons. The van der Waals surface area contributed by atoms with Crippen LogP contribution in [-0.2, 0) is 12.4 Å². The minimum Gasteiger partial charge on any atom is -0.382 e. The van der Waals surface area contributed by atoms with E-state index < -0.39 is 29.3 Å². The molecule has 4 rings (SSSR count). The first-order valence-electron chi connectivity index (χ1n) is 13.1. The summed E-state index contributed by atoms with van der Waals surface area (Å²) in [6.45, 7) is 6.66. The molecule has 2 aromatic rings. The molecule has 0 heterocycles. The van der Waals surface area contributed by atoms with Crippen molar-refractivity contribution < 1.29 is 31.1 Å². The van der Waals surface area contributed by atoms with E-state index in [9.17, 15) is 31.1 Å². The van der Waals surface area contributed by atoms with Gasteiger partial charge in [0.2, 0.25) is 0 Å². The van der Waals surface area contributed by atoms with E-state index in [1.165, 1.54) is 18.2 Å². The number of nitrogens with one attached hydrogen (secondary N) is 1. The van der Waals surface area contributed by atoms with Gasteiger partial charge in [-0.2, -0.15) is 31.6 Å². The fourth-order valence-electron chi connectivity index (χ4n) is 4.42. The summed E-state index contributed by atoms with van der Waals surface area (Å²) in [7, 11) is 0. The number of ketones is 1. The van der Waals surface area contributed by atoms with Crippen molar-refractivity contribution in [2.45, 2.75) is 71.3 Å². The van der Waals surface area contributed by atoms with Crippen LogP contribution in [-0.4, -0.2) is 24.9 Å². The summed E-state index contributed by atoms with van der Waals surface area (Å²) < 4.78 is 77.7. The van der Waals surface area contributed by atoms with Crippen LogP contribution < -0.4 is 10.2 Å². The van der Waals surface area contributed by atoms with E-state index in [0.29, 0.717) is 23.2 Å². The van der Waals surface area contributed by atoms with E-state index in [-0.39, 0.29) is 17.2 Å². The molecule has 2 saturated carbocycles. The maximum atomic E-state index is 13.1. The highest BCUT2D eigenvalue weighted by atomic mass is 19.4.